The Morgan fingerprint density at radius 1 is 1.32 bits per heavy atom. The van der Waals surface area contributed by atoms with Crippen molar-refractivity contribution < 1.29 is 19.4 Å². The zero-order valence-electron chi connectivity index (χ0n) is 13.5. The summed E-state index contributed by atoms with van der Waals surface area (Å²) in [6, 6.07) is 3.25. The Morgan fingerprint density at radius 2 is 1.95 bits per heavy atom. The zero-order valence-corrected chi connectivity index (χ0v) is 13.5. The van der Waals surface area contributed by atoms with E-state index in [0.717, 1.165) is 0 Å². The summed E-state index contributed by atoms with van der Waals surface area (Å²) in [5.74, 6) is -0.800. The first-order chi connectivity index (χ1) is 10.3. The molecule has 0 unspecified atom stereocenters. The highest BCUT2D eigenvalue weighted by Gasteiger charge is 2.31. The van der Waals surface area contributed by atoms with Crippen LogP contribution in [0.25, 0.3) is 0 Å². The number of carbonyl (C=O) groups is 2. The monoisotopic (exact) mass is 308 g/mol. The lowest BCUT2D eigenvalue weighted by atomic mass is 9.88. The van der Waals surface area contributed by atoms with Gasteiger partial charge < -0.3 is 15.2 Å². The predicted molar refractivity (Wildman–Crippen MR) is 83.0 cm³/mol. The predicted octanol–water partition coefficient (Wildman–Crippen LogP) is 2.63. The van der Waals surface area contributed by atoms with Crippen LogP contribution in [0.2, 0.25) is 0 Å². The van der Waals surface area contributed by atoms with Crippen molar-refractivity contribution in [3.63, 3.8) is 0 Å². The second-order valence-electron chi connectivity index (χ2n) is 5.56. The van der Waals surface area contributed by atoms with Gasteiger partial charge in [-0.15, -0.1) is 0 Å². The van der Waals surface area contributed by atoms with Gasteiger partial charge in [-0.05, 0) is 32.8 Å². The van der Waals surface area contributed by atoms with Crippen molar-refractivity contribution in [2.24, 2.45) is 0 Å². The zero-order chi connectivity index (χ0) is 16.8. The van der Waals surface area contributed by atoms with E-state index in [1.54, 1.807) is 12.1 Å². The summed E-state index contributed by atoms with van der Waals surface area (Å²) in [4.78, 5) is 27.4. The first-order valence-electron chi connectivity index (χ1n) is 7.49. The third-order valence-electron chi connectivity index (χ3n) is 3.58. The summed E-state index contributed by atoms with van der Waals surface area (Å²) in [7, 11) is 0. The Balaban J connectivity index is 2.83. The SMILES string of the molecule is CCC(CC)(CC(=O)O)NC(=O)c1ccc(OC(C)C)nc1. The van der Waals surface area contributed by atoms with Crippen LogP contribution < -0.4 is 10.1 Å². The van der Waals surface area contributed by atoms with Gasteiger partial charge in [-0.1, -0.05) is 13.8 Å². The fourth-order valence-electron chi connectivity index (χ4n) is 2.15. The van der Waals surface area contributed by atoms with Crippen LogP contribution in [-0.4, -0.2) is 33.6 Å². The third kappa shape index (κ3) is 5.02. The minimum Gasteiger partial charge on any atom is -0.481 e. The molecule has 0 aliphatic rings. The summed E-state index contributed by atoms with van der Waals surface area (Å²) < 4.78 is 5.42. The van der Waals surface area contributed by atoms with E-state index in [1.807, 2.05) is 27.7 Å². The fraction of sp³-hybridized carbons (Fsp3) is 0.562. The van der Waals surface area contributed by atoms with E-state index in [-0.39, 0.29) is 18.4 Å². The van der Waals surface area contributed by atoms with Crippen molar-refractivity contribution in [1.82, 2.24) is 10.3 Å². The molecule has 2 N–H and O–H groups in total. The van der Waals surface area contributed by atoms with Gasteiger partial charge in [-0.2, -0.15) is 0 Å². The van der Waals surface area contributed by atoms with Crippen molar-refractivity contribution in [1.29, 1.82) is 0 Å². The number of hydrogen-bond acceptors (Lipinski definition) is 4. The topological polar surface area (TPSA) is 88.5 Å². The molecule has 0 saturated heterocycles. The normalized spacial score (nSPS) is 11.3. The number of aromatic nitrogens is 1. The van der Waals surface area contributed by atoms with E-state index in [1.165, 1.54) is 6.20 Å². The van der Waals surface area contributed by atoms with Crippen molar-refractivity contribution in [2.45, 2.75) is 58.6 Å². The smallest absolute Gasteiger partial charge is 0.305 e. The van der Waals surface area contributed by atoms with Gasteiger partial charge in [0.1, 0.15) is 0 Å². The minimum absolute atomic E-state index is 0.00979. The number of ether oxygens (including phenoxy) is 1. The number of carboxylic acid groups (broad SMARTS) is 1. The number of pyridine rings is 1. The van der Waals surface area contributed by atoms with Gasteiger partial charge in [0, 0.05) is 12.3 Å². The highest BCUT2D eigenvalue weighted by molar-refractivity contribution is 5.94. The molecule has 0 aliphatic heterocycles. The molecule has 0 radical (unpaired) electrons. The lowest BCUT2D eigenvalue weighted by molar-refractivity contribution is -0.138. The number of carbonyl (C=O) groups excluding carboxylic acids is 1. The molecule has 0 atom stereocenters. The molecule has 0 spiro atoms. The molecule has 22 heavy (non-hydrogen) atoms. The Bertz CT molecular complexity index is 507. The third-order valence-corrected chi connectivity index (χ3v) is 3.58. The molecular formula is C16H24N2O4. The Morgan fingerprint density at radius 3 is 2.36 bits per heavy atom. The van der Waals surface area contributed by atoms with E-state index in [9.17, 15) is 9.59 Å². The molecule has 6 heteroatoms. The van der Waals surface area contributed by atoms with Gasteiger partial charge in [0.05, 0.1) is 23.6 Å². The van der Waals surface area contributed by atoms with E-state index in [0.29, 0.717) is 24.3 Å². The van der Waals surface area contributed by atoms with Crippen LogP contribution in [0.4, 0.5) is 0 Å². The molecule has 1 rings (SSSR count). The summed E-state index contributed by atoms with van der Waals surface area (Å²) in [6.07, 6.45) is 2.43. The Labute approximate surface area is 130 Å². The summed E-state index contributed by atoms with van der Waals surface area (Å²) in [6.45, 7) is 7.52. The number of rotatable bonds is 8. The number of carboxylic acids is 1. The molecule has 0 aromatic carbocycles. The summed E-state index contributed by atoms with van der Waals surface area (Å²) >= 11 is 0. The number of aliphatic carboxylic acids is 1. The standard InChI is InChI=1S/C16H24N2O4/c1-5-16(6-2,9-14(19)20)18-15(21)12-7-8-13(17-10-12)22-11(3)4/h7-8,10-11H,5-6,9H2,1-4H3,(H,18,21)(H,19,20). The van der Waals surface area contributed by atoms with Gasteiger partial charge >= 0.3 is 5.97 Å². The van der Waals surface area contributed by atoms with Gasteiger partial charge in [-0.3, -0.25) is 9.59 Å². The molecule has 1 aromatic heterocycles. The van der Waals surface area contributed by atoms with Crippen LogP contribution in [0.15, 0.2) is 18.3 Å². The largest absolute Gasteiger partial charge is 0.481 e. The number of amides is 1. The Kier molecular flexibility index (Phi) is 6.34. The van der Waals surface area contributed by atoms with Crippen LogP contribution in [0.3, 0.4) is 0 Å². The maximum Gasteiger partial charge on any atom is 0.305 e. The number of hydrogen-bond donors (Lipinski definition) is 2. The van der Waals surface area contributed by atoms with Crippen molar-refractivity contribution in [2.75, 3.05) is 0 Å². The summed E-state index contributed by atoms with van der Waals surface area (Å²) in [5.41, 5.74) is -0.358. The minimum atomic E-state index is -0.928. The summed E-state index contributed by atoms with van der Waals surface area (Å²) in [5, 5.41) is 11.9. The molecule has 0 saturated carbocycles. The van der Waals surface area contributed by atoms with Crippen molar-refractivity contribution in [3.8, 4) is 5.88 Å². The molecule has 0 bridgehead atoms. The van der Waals surface area contributed by atoms with E-state index in [2.05, 4.69) is 10.3 Å². The van der Waals surface area contributed by atoms with Crippen molar-refractivity contribution >= 4 is 11.9 Å². The molecule has 0 aliphatic carbocycles. The first kappa shape index (κ1) is 17.9. The van der Waals surface area contributed by atoms with Gasteiger partial charge in [0.25, 0.3) is 5.91 Å². The van der Waals surface area contributed by atoms with Crippen LogP contribution in [0, 0.1) is 0 Å². The molecule has 122 valence electrons. The average Bonchev–Trinajstić information content (AvgIpc) is 2.46. The molecule has 1 amide bonds. The molecule has 0 fully saturated rings. The van der Waals surface area contributed by atoms with E-state index < -0.39 is 11.5 Å². The molecule has 1 aromatic rings. The number of nitrogens with zero attached hydrogens (tertiary/aromatic N) is 1. The molecule has 1 heterocycles. The Hall–Kier alpha value is -2.11. The highest BCUT2D eigenvalue weighted by Crippen LogP contribution is 2.21. The van der Waals surface area contributed by atoms with Gasteiger partial charge in [0.2, 0.25) is 5.88 Å². The maximum absolute atomic E-state index is 12.3. The van der Waals surface area contributed by atoms with Crippen LogP contribution in [0.5, 0.6) is 5.88 Å². The maximum atomic E-state index is 12.3. The lowest BCUT2D eigenvalue weighted by Crippen LogP contribution is -2.49. The van der Waals surface area contributed by atoms with Crippen LogP contribution in [-0.2, 0) is 4.79 Å². The van der Waals surface area contributed by atoms with Gasteiger partial charge in [0.15, 0.2) is 0 Å². The molecular weight excluding hydrogens is 284 g/mol. The quantitative estimate of drug-likeness (QED) is 0.770. The van der Waals surface area contributed by atoms with Crippen LogP contribution in [0.1, 0.15) is 57.3 Å². The second-order valence-corrected chi connectivity index (χ2v) is 5.56. The second kappa shape index (κ2) is 7.77. The van der Waals surface area contributed by atoms with Gasteiger partial charge in [-0.25, -0.2) is 4.98 Å². The van der Waals surface area contributed by atoms with Crippen molar-refractivity contribution in [3.05, 3.63) is 23.9 Å². The fourth-order valence-corrected chi connectivity index (χ4v) is 2.15. The average molecular weight is 308 g/mol. The first-order valence-corrected chi connectivity index (χ1v) is 7.49. The van der Waals surface area contributed by atoms with E-state index >= 15 is 0 Å². The van der Waals surface area contributed by atoms with Crippen LogP contribution >= 0.6 is 0 Å². The highest BCUT2D eigenvalue weighted by atomic mass is 16.5. The lowest BCUT2D eigenvalue weighted by Gasteiger charge is -2.31. The number of nitrogens with one attached hydrogen (secondary N) is 1. The molecule has 6 nitrogen and oxygen atoms in total. The van der Waals surface area contributed by atoms with E-state index in [4.69, 9.17) is 9.84 Å².